The van der Waals surface area contributed by atoms with E-state index in [0.717, 1.165) is 38.5 Å². The molecule has 4 N–H and O–H groups in total. The lowest BCUT2D eigenvalue weighted by Crippen LogP contribution is -2.58. The number of aliphatic hydroxyl groups excluding tert-OH is 2. The third kappa shape index (κ3) is 4.93. The fourth-order valence-electron chi connectivity index (χ4n) is 9.91. The van der Waals surface area contributed by atoms with E-state index in [1.807, 2.05) is 0 Å². The predicted molar refractivity (Wildman–Crippen MR) is 153 cm³/mol. The van der Waals surface area contributed by atoms with E-state index in [1.165, 1.54) is 18.9 Å². The minimum Gasteiger partial charge on any atom is -0.507 e. The highest BCUT2D eigenvalue weighted by Crippen LogP contribution is 2.68. The number of hydrogen-bond donors (Lipinski definition) is 4. The summed E-state index contributed by atoms with van der Waals surface area (Å²) in [6.45, 7) is 10.1. The molecule has 0 radical (unpaired) electrons. The summed E-state index contributed by atoms with van der Waals surface area (Å²) in [4.78, 5) is 24.8. The Bertz CT molecular complexity index is 1210. The molecule has 40 heavy (non-hydrogen) atoms. The van der Waals surface area contributed by atoms with E-state index in [0.29, 0.717) is 48.2 Å². The first kappa shape index (κ1) is 29.3. The molecule has 10 atom stereocenters. The van der Waals surface area contributed by atoms with Crippen molar-refractivity contribution in [1.82, 2.24) is 5.43 Å². The number of fused-ring (bicyclic) bond motifs is 5. The highest BCUT2D eigenvalue weighted by molar-refractivity contribution is 6.01. The topological polar surface area (TPSA) is 132 Å². The quantitative estimate of drug-likeness (QED) is 0.291. The minimum absolute atomic E-state index is 0.0546. The number of aromatic hydroxyl groups is 1. The van der Waals surface area contributed by atoms with E-state index in [4.69, 9.17) is 4.42 Å². The second-order valence-electron chi connectivity index (χ2n) is 14.0. The van der Waals surface area contributed by atoms with E-state index < -0.39 is 5.63 Å². The van der Waals surface area contributed by atoms with Crippen LogP contribution in [0, 0.1) is 53.3 Å². The van der Waals surface area contributed by atoms with E-state index >= 15 is 0 Å². The van der Waals surface area contributed by atoms with Crippen LogP contribution in [0.2, 0.25) is 0 Å². The molecule has 8 nitrogen and oxygen atoms in total. The number of aliphatic hydroxyl groups is 2. The van der Waals surface area contributed by atoms with Crippen molar-refractivity contribution in [3.8, 4) is 5.75 Å². The van der Waals surface area contributed by atoms with Crippen LogP contribution in [0.15, 0.2) is 20.4 Å². The van der Waals surface area contributed by atoms with Crippen LogP contribution in [-0.4, -0.2) is 39.1 Å². The molecule has 4 aliphatic rings. The Hall–Kier alpha value is -2.19. The first-order valence-electron chi connectivity index (χ1n) is 15.4. The lowest BCUT2D eigenvalue weighted by atomic mass is 9.43. The largest absolute Gasteiger partial charge is 0.507 e. The van der Waals surface area contributed by atoms with E-state index in [9.17, 15) is 24.9 Å². The molecule has 8 heteroatoms. The Morgan fingerprint density at radius 3 is 2.62 bits per heavy atom. The molecule has 4 aliphatic carbocycles. The maximum Gasteiger partial charge on any atom is 0.348 e. The van der Waals surface area contributed by atoms with Crippen molar-refractivity contribution < 1.29 is 24.5 Å². The molecular formula is C32H48N2O6. The predicted octanol–water partition coefficient (Wildman–Crippen LogP) is 4.90. The zero-order valence-electron chi connectivity index (χ0n) is 24.8. The van der Waals surface area contributed by atoms with Gasteiger partial charge in [-0.3, -0.25) is 4.79 Å². The number of nitrogens with one attached hydrogen (secondary N) is 1. The van der Waals surface area contributed by atoms with Crippen LogP contribution in [0.25, 0.3) is 0 Å². The van der Waals surface area contributed by atoms with Crippen LogP contribution in [0.3, 0.4) is 0 Å². The molecule has 1 aromatic rings. The molecule has 0 saturated heterocycles. The Morgan fingerprint density at radius 2 is 1.90 bits per heavy atom. The SMILES string of the molecule is CC(=NNC(=O)CC[C@H](C)[C@H]1CC[C@H]2[C@@H]3CC[C@H]4C[C@H](O)CC[C@]4(C)[C@H]3C[C@H](O)[C@]12C)c1c(O)cc(C)oc1=O. The zero-order chi connectivity index (χ0) is 29.0. The minimum atomic E-state index is -0.692. The second-order valence-corrected chi connectivity index (χ2v) is 14.0. The summed E-state index contributed by atoms with van der Waals surface area (Å²) in [5.41, 5.74) is 2.06. The van der Waals surface area contributed by atoms with Gasteiger partial charge in [-0.15, -0.1) is 0 Å². The molecule has 0 bridgehead atoms. The van der Waals surface area contributed by atoms with Gasteiger partial charge in [0.1, 0.15) is 17.1 Å². The summed E-state index contributed by atoms with van der Waals surface area (Å²) in [5.74, 6) is 2.72. The maximum atomic E-state index is 12.7. The smallest absolute Gasteiger partial charge is 0.348 e. The molecule has 1 heterocycles. The summed E-state index contributed by atoms with van der Waals surface area (Å²) in [6, 6.07) is 1.35. The Morgan fingerprint density at radius 1 is 1.15 bits per heavy atom. The first-order valence-corrected chi connectivity index (χ1v) is 15.4. The van der Waals surface area contributed by atoms with Crippen molar-refractivity contribution >= 4 is 11.6 Å². The van der Waals surface area contributed by atoms with Crippen LogP contribution in [0.4, 0.5) is 0 Å². The summed E-state index contributed by atoms with van der Waals surface area (Å²) < 4.78 is 5.04. The Kier molecular flexibility index (Phi) is 7.99. The Labute approximate surface area is 237 Å². The molecule has 0 spiro atoms. The molecule has 1 amide bonds. The average molecular weight is 557 g/mol. The first-order chi connectivity index (χ1) is 18.9. The van der Waals surface area contributed by atoms with Gasteiger partial charge in [-0.25, -0.2) is 10.2 Å². The molecule has 0 aromatic carbocycles. The number of rotatable bonds is 6. The average Bonchev–Trinajstić information content (AvgIpc) is 3.25. The van der Waals surface area contributed by atoms with Gasteiger partial charge in [0.2, 0.25) is 5.91 Å². The van der Waals surface area contributed by atoms with Crippen molar-refractivity contribution in [2.24, 2.45) is 51.4 Å². The normalized spacial score (nSPS) is 40.1. The van der Waals surface area contributed by atoms with E-state index in [-0.39, 0.29) is 51.9 Å². The molecule has 1 aromatic heterocycles. The number of carbonyl (C=O) groups excluding carboxylic acids is 1. The maximum absolute atomic E-state index is 12.7. The molecule has 5 rings (SSSR count). The lowest BCUT2D eigenvalue weighted by molar-refractivity contribution is -0.174. The van der Waals surface area contributed by atoms with Gasteiger partial charge in [-0.2, -0.15) is 5.10 Å². The van der Waals surface area contributed by atoms with Gasteiger partial charge in [-0.1, -0.05) is 20.8 Å². The van der Waals surface area contributed by atoms with Crippen molar-refractivity contribution in [3.63, 3.8) is 0 Å². The van der Waals surface area contributed by atoms with Gasteiger partial charge in [0.05, 0.1) is 17.9 Å². The number of amides is 1. The summed E-state index contributed by atoms with van der Waals surface area (Å²) in [6.07, 6.45) is 8.87. The van der Waals surface area contributed by atoms with Crippen LogP contribution in [0.1, 0.15) is 103 Å². The van der Waals surface area contributed by atoms with Crippen molar-refractivity contribution in [2.45, 2.75) is 111 Å². The van der Waals surface area contributed by atoms with Gasteiger partial charge < -0.3 is 19.7 Å². The number of carbonyl (C=O) groups is 1. The fourth-order valence-corrected chi connectivity index (χ4v) is 9.91. The zero-order valence-corrected chi connectivity index (χ0v) is 24.8. The van der Waals surface area contributed by atoms with Crippen LogP contribution in [-0.2, 0) is 4.79 Å². The van der Waals surface area contributed by atoms with Crippen molar-refractivity contribution in [2.75, 3.05) is 0 Å². The van der Waals surface area contributed by atoms with E-state index in [1.54, 1.807) is 13.8 Å². The molecule has 4 saturated carbocycles. The van der Waals surface area contributed by atoms with Gasteiger partial charge in [0.15, 0.2) is 0 Å². The van der Waals surface area contributed by atoms with Gasteiger partial charge >= 0.3 is 5.63 Å². The van der Waals surface area contributed by atoms with Crippen LogP contribution >= 0.6 is 0 Å². The number of aryl methyl sites for hydroxylation is 1. The third-order valence-electron chi connectivity index (χ3n) is 12.1. The number of hydrazone groups is 1. The molecule has 0 aliphatic heterocycles. The summed E-state index contributed by atoms with van der Waals surface area (Å²) in [5, 5.41) is 36.2. The van der Waals surface area contributed by atoms with E-state index in [2.05, 4.69) is 31.3 Å². The lowest BCUT2D eigenvalue weighted by Gasteiger charge is -2.62. The number of hydrogen-bond acceptors (Lipinski definition) is 7. The van der Waals surface area contributed by atoms with Crippen LogP contribution in [0.5, 0.6) is 5.75 Å². The highest BCUT2D eigenvalue weighted by atomic mass is 16.4. The molecule has 222 valence electrons. The Balaban J connectivity index is 1.22. The summed E-state index contributed by atoms with van der Waals surface area (Å²) in [7, 11) is 0. The van der Waals surface area contributed by atoms with Gasteiger partial charge in [0, 0.05) is 12.5 Å². The van der Waals surface area contributed by atoms with Crippen LogP contribution < -0.4 is 11.1 Å². The molecule has 0 unspecified atom stereocenters. The highest BCUT2D eigenvalue weighted by Gasteiger charge is 2.63. The van der Waals surface area contributed by atoms with Crippen molar-refractivity contribution in [1.29, 1.82) is 0 Å². The van der Waals surface area contributed by atoms with Gasteiger partial charge in [0.25, 0.3) is 0 Å². The number of nitrogens with zero attached hydrogens (tertiary/aromatic N) is 1. The monoisotopic (exact) mass is 556 g/mol. The van der Waals surface area contributed by atoms with Gasteiger partial charge in [-0.05, 0) is 118 Å². The van der Waals surface area contributed by atoms with Crippen molar-refractivity contribution in [3.05, 3.63) is 27.8 Å². The summed E-state index contributed by atoms with van der Waals surface area (Å²) >= 11 is 0. The second kappa shape index (κ2) is 10.9. The third-order valence-corrected chi connectivity index (χ3v) is 12.1. The molecular weight excluding hydrogens is 508 g/mol. The fraction of sp³-hybridized carbons (Fsp3) is 0.781. The standard InChI is InChI=1S/C32H48N2O6/c1-17(6-11-28(38)34-33-19(3)29-26(36)14-18(2)40-30(29)39)23-9-10-24-22-8-7-20-15-21(35)12-13-31(20,4)25(22)16-27(37)32(23,24)5/h14,17,20-25,27,35-37H,6-13,15-16H2,1-5H3,(H,34,38)/t17-,20-,21+,22-,23+,24-,25-,27-,31-,32+/m0/s1. The molecule has 4 fully saturated rings.